The Bertz CT molecular complexity index is 245. The van der Waals surface area contributed by atoms with E-state index in [0.717, 1.165) is 19.5 Å². The predicted octanol–water partition coefficient (Wildman–Crippen LogP) is 1.35. The molecule has 4 heteroatoms. The van der Waals surface area contributed by atoms with Gasteiger partial charge in [-0.2, -0.15) is 0 Å². The van der Waals surface area contributed by atoms with Crippen LogP contribution < -0.4 is 11.1 Å². The number of hydrogen-bond donors (Lipinski definition) is 2. The van der Waals surface area contributed by atoms with E-state index in [1.54, 1.807) is 0 Å². The van der Waals surface area contributed by atoms with E-state index in [1.807, 2.05) is 6.92 Å². The van der Waals surface area contributed by atoms with Crippen molar-refractivity contribution in [3.8, 4) is 0 Å². The lowest BCUT2D eigenvalue weighted by molar-refractivity contribution is -0.121. The van der Waals surface area contributed by atoms with Gasteiger partial charge in [0, 0.05) is 25.6 Å². The molecule has 1 amide bonds. The normalized spacial score (nSPS) is 22.7. The van der Waals surface area contributed by atoms with E-state index >= 15 is 0 Å². The highest BCUT2D eigenvalue weighted by atomic mass is 16.1. The molecule has 1 rings (SSSR count). The Morgan fingerprint density at radius 1 is 1.50 bits per heavy atom. The van der Waals surface area contributed by atoms with Crippen molar-refractivity contribution < 1.29 is 4.79 Å². The van der Waals surface area contributed by atoms with Crippen LogP contribution in [0.2, 0.25) is 0 Å². The zero-order chi connectivity index (χ0) is 13.4. The lowest BCUT2D eigenvalue weighted by Gasteiger charge is -2.33. The number of nitrogens with zero attached hydrogens (tertiary/aromatic N) is 1. The van der Waals surface area contributed by atoms with Crippen LogP contribution in [0.25, 0.3) is 0 Å². The average Bonchev–Trinajstić information content (AvgIpc) is 2.36. The summed E-state index contributed by atoms with van der Waals surface area (Å²) < 4.78 is 0. The second-order valence-corrected chi connectivity index (χ2v) is 5.63. The van der Waals surface area contributed by atoms with Crippen LogP contribution in [0.15, 0.2) is 0 Å². The first-order valence-electron chi connectivity index (χ1n) is 7.34. The molecule has 106 valence electrons. The number of rotatable bonds is 7. The first-order valence-corrected chi connectivity index (χ1v) is 7.34. The maximum Gasteiger partial charge on any atom is 0.220 e. The minimum Gasteiger partial charge on any atom is -0.356 e. The van der Waals surface area contributed by atoms with Crippen LogP contribution in [-0.4, -0.2) is 43.0 Å². The van der Waals surface area contributed by atoms with Gasteiger partial charge in [-0.15, -0.1) is 0 Å². The second kappa shape index (κ2) is 8.48. The van der Waals surface area contributed by atoms with Crippen molar-refractivity contribution >= 4 is 5.91 Å². The fourth-order valence-electron chi connectivity index (χ4n) is 2.47. The number of piperidine rings is 1. The molecular weight excluding hydrogens is 226 g/mol. The number of nitrogens with one attached hydrogen (secondary N) is 1. The van der Waals surface area contributed by atoms with E-state index in [-0.39, 0.29) is 11.8 Å². The molecule has 0 aromatic rings. The first-order chi connectivity index (χ1) is 8.63. The Hall–Kier alpha value is -0.610. The lowest BCUT2D eigenvalue weighted by Crippen LogP contribution is -2.39. The molecule has 0 saturated carbocycles. The third-order valence-electron chi connectivity index (χ3n) is 3.82. The van der Waals surface area contributed by atoms with Crippen molar-refractivity contribution in [3.05, 3.63) is 0 Å². The zero-order valence-corrected chi connectivity index (χ0v) is 12.0. The molecule has 0 spiro atoms. The molecule has 1 fully saturated rings. The quantitative estimate of drug-likeness (QED) is 0.675. The van der Waals surface area contributed by atoms with Crippen molar-refractivity contribution in [2.24, 2.45) is 11.7 Å². The monoisotopic (exact) mass is 255 g/mol. The zero-order valence-electron chi connectivity index (χ0n) is 12.0. The summed E-state index contributed by atoms with van der Waals surface area (Å²) in [6.07, 6.45) is 5.61. The van der Waals surface area contributed by atoms with Gasteiger partial charge in [-0.1, -0.05) is 13.3 Å². The standard InChI is InChI=1S/C14H29N3O/c1-12(11-15)10-14(18)16-7-5-9-17-8-4-3-6-13(17)2/h12-13H,3-11,15H2,1-2H3,(H,16,18). The molecule has 1 saturated heterocycles. The van der Waals surface area contributed by atoms with Crippen LogP contribution in [0.5, 0.6) is 0 Å². The van der Waals surface area contributed by atoms with Crippen LogP contribution in [0.4, 0.5) is 0 Å². The molecule has 2 atom stereocenters. The summed E-state index contributed by atoms with van der Waals surface area (Å²) in [4.78, 5) is 14.1. The van der Waals surface area contributed by atoms with Gasteiger partial charge in [0.1, 0.15) is 0 Å². The van der Waals surface area contributed by atoms with Crippen molar-refractivity contribution in [2.45, 2.75) is 52.0 Å². The summed E-state index contributed by atoms with van der Waals surface area (Å²) in [5.41, 5.74) is 5.50. The van der Waals surface area contributed by atoms with Crippen molar-refractivity contribution in [1.29, 1.82) is 0 Å². The Morgan fingerprint density at radius 3 is 2.94 bits per heavy atom. The summed E-state index contributed by atoms with van der Waals surface area (Å²) in [5.74, 6) is 0.423. The molecule has 0 radical (unpaired) electrons. The highest BCUT2D eigenvalue weighted by Crippen LogP contribution is 2.15. The molecular formula is C14H29N3O. The van der Waals surface area contributed by atoms with Crippen molar-refractivity contribution in [3.63, 3.8) is 0 Å². The molecule has 1 heterocycles. The minimum absolute atomic E-state index is 0.139. The number of amides is 1. The number of hydrogen-bond acceptors (Lipinski definition) is 3. The van der Waals surface area contributed by atoms with Crippen LogP contribution >= 0.6 is 0 Å². The first kappa shape index (κ1) is 15.4. The van der Waals surface area contributed by atoms with Gasteiger partial charge in [-0.05, 0) is 45.2 Å². The Labute approximate surface area is 111 Å². The Morgan fingerprint density at radius 2 is 2.28 bits per heavy atom. The van der Waals surface area contributed by atoms with Gasteiger partial charge in [-0.3, -0.25) is 4.79 Å². The fraction of sp³-hybridized carbons (Fsp3) is 0.929. The van der Waals surface area contributed by atoms with E-state index in [0.29, 0.717) is 19.0 Å². The summed E-state index contributed by atoms with van der Waals surface area (Å²) in [7, 11) is 0. The summed E-state index contributed by atoms with van der Waals surface area (Å²) in [6, 6.07) is 0.715. The molecule has 1 aliphatic heterocycles. The molecule has 1 aliphatic rings. The smallest absolute Gasteiger partial charge is 0.220 e. The van der Waals surface area contributed by atoms with E-state index in [2.05, 4.69) is 17.1 Å². The Kier molecular flexibility index (Phi) is 7.28. The van der Waals surface area contributed by atoms with Gasteiger partial charge in [0.2, 0.25) is 5.91 Å². The van der Waals surface area contributed by atoms with Crippen molar-refractivity contribution in [1.82, 2.24) is 10.2 Å². The van der Waals surface area contributed by atoms with Crippen LogP contribution in [-0.2, 0) is 4.79 Å². The molecule has 4 nitrogen and oxygen atoms in total. The van der Waals surface area contributed by atoms with Gasteiger partial charge in [-0.25, -0.2) is 0 Å². The van der Waals surface area contributed by atoms with Gasteiger partial charge in [0.05, 0.1) is 0 Å². The number of nitrogens with two attached hydrogens (primary N) is 1. The number of carbonyl (C=O) groups excluding carboxylic acids is 1. The van der Waals surface area contributed by atoms with E-state index in [4.69, 9.17) is 5.73 Å². The fourth-order valence-corrected chi connectivity index (χ4v) is 2.47. The van der Waals surface area contributed by atoms with Crippen LogP contribution in [0.3, 0.4) is 0 Å². The maximum absolute atomic E-state index is 11.5. The maximum atomic E-state index is 11.5. The topological polar surface area (TPSA) is 58.4 Å². The summed E-state index contributed by atoms with van der Waals surface area (Å²) >= 11 is 0. The van der Waals surface area contributed by atoms with Gasteiger partial charge >= 0.3 is 0 Å². The largest absolute Gasteiger partial charge is 0.356 e. The van der Waals surface area contributed by atoms with E-state index in [9.17, 15) is 4.79 Å². The molecule has 0 bridgehead atoms. The number of likely N-dealkylation sites (tertiary alicyclic amines) is 1. The molecule has 0 aromatic heterocycles. The molecule has 2 unspecified atom stereocenters. The summed E-state index contributed by atoms with van der Waals surface area (Å²) in [5, 5.41) is 2.98. The molecule has 0 aliphatic carbocycles. The molecule has 18 heavy (non-hydrogen) atoms. The minimum atomic E-state index is 0.139. The SMILES string of the molecule is CC(CN)CC(=O)NCCCN1CCCCC1C. The highest BCUT2D eigenvalue weighted by Gasteiger charge is 2.17. The molecule has 0 aromatic carbocycles. The lowest BCUT2D eigenvalue weighted by atomic mass is 10.0. The van der Waals surface area contributed by atoms with Crippen LogP contribution in [0, 0.1) is 5.92 Å². The third kappa shape index (κ3) is 5.83. The van der Waals surface area contributed by atoms with Crippen molar-refractivity contribution in [2.75, 3.05) is 26.2 Å². The Balaban J connectivity index is 2.05. The second-order valence-electron chi connectivity index (χ2n) is 5.63. The molecule has 3 N–H and O–H groups in total. The third-order valence-corrected chi connectivity index (χ3v) is 3.82. The van der Waals surface area contributed by atoms with E-state index in [1.165, 1.54) is 25.8 Å². The number of carbonyl (C=O) groups is 1. The van der Waals surface area contributed by atoms with Gasteiger partial charge in [0.15, 0.2) is 0 Å². The average molecular weight is 255 g/mol. The van der Waals surface area contributed by atoms with E-state index < -0.39 is 0 Å². The van der Waals surface area contributed by atoms with Gasteiger partial charge in [0.25, 0.3) is 0 Å². The predicted molar refractivity (Wildman–Crippen MR) is 75.3 cm³/mol. The summed E-state index contributed by atoms with van der Waals surface area (Å²) in [6.45, 7) is 8.01. The van der Waals surface area contributed by atoms with Gasteiger partial charge < -0.3 is 16.0 Å². The van der Waals surface area contributed by atoms with Crippen LogP contribution in [0.1, 0.15) is 46.0 Å². The highest BCUT2D eigenvalue weighted by molar-refractivity contribution is 5.76.